The Morgan fingerprint density at radius 1 is 1.10 bits per heavy atom. The number of benzene rings is 2. The molecule has 0 spiro atoms. The number of carbonyl (C=O) groups is 1. The van der Waals surface area contributed by atoms with Gasteiger partial charge in [-0.1, -0.05) is 49.4 Å². The summed E-state index contributed by atoms with van der Waals surface area (Å²) < 4.78 is 0. The van der Waals surface area contributed by atoms with Crippen LogP contribution in [0.5, 0.6) is 0 Å². The Labute approximate surface area is 119 Å². The summed E-state index contributed by atoms with van der Waals surface area (Å²) in [6.45, 7) is 2.13. The number of carbonyl (C=O) groups excluding carboxylic acids is 1. The fraction of sp³-hybridized carbons (Fsp3) is 0.188. The van der Waals surface area contributed by atoms with Crippen LogP contribution in [0.4, 0.5) is 5.69 Å². The van der Waals surface area contributed by atoms with Crippen LogP contribution < -0.4 is 11.5 Å². The van der Waals surface area contributed by atoms with E-state index in [2.05, 4.69) is 19.1 Å². The molecule has 0 saturated heterocycles. The number of anilines is 1. The lowest BCUT2D eigenvalue weighted by molar-refractivity contribution is -0.126. The van der Waals surface area contributed by atoms with Crippen LogP contribution in [0.1, 0.15) is 24.2 Å². The van der Waals surface area contributed by atoms with Gasteiger partial charge in [0.1, 0.15) is 0 Å². The molecule has 20 heavy (non-hydrogen) atoms. The van der Waals surface area contributed by atoms with E-state index in [9.17, 15) is 4.79 Å². The summed E-state index contributed by atoms with van der Waals surface area (Å²) in [6.07, 6.45) is -0.100. The predicted octanol–water partition coefficient (Wildman–Crippen LogP) is 2.04. The molecule has 4 nitrogen and oxygen atoms in total. The van der Waals surface area contributed by atoms with E-state index in [1.54, 1.807) is 30.3 Å². The van der Waals surface area contributed by atoms with Crippen LogP contribution in [0, 0.1) is 0 Å². The van der Waals surface area contributed by atoms with Crippen LogP contribution in [0.25, 0.3) is 0 Å². The van der Waals surface area contributed by atoms with E-state index in [1.807, 2.05) is 12.1 Å². The summed E-state index contributed by atoms with van der Waals surface area (Å²) in [5, 5.41) is 9.12. The van der Waals surface area contributed by atoms with Gasteiger partial charge in [-0.25, -0.2) is 0 Å². The number of nitrogen functional groups attached to an aromatic ring is 1. The van der Waals surface area contributed by atoms with Gasteiger partial charge in [0, 0.05) is 5.69 Å². The third kappa shape index (κ3) is 5.12. The highest BCUT2D eigenvalue weighted by atomic mass is 16.3. The number of aliphatic hydroxyl groups excluding tert-OH is 1. The third-order valence-corrected chi connectivity index (χ3v) is 2.77. The van der Waals surface area contributed by atoms with Gasteiger partial charge < -0.3 is 16.6 Å². The predicted molar refractivity (Wildman–Crippen MR) is 80.8 cm³/mol. The molecule has 0 saturated carbocycles. The number of aryl methyl sites for hydroxylation is 1. The second-order valence-corrected chi connectivity index (χ2v) is 4.31. The Bertz CT molecular complexity index is 524. The van der Waals surface area contributed by atoms with Crippen molar-refractivity contribution in [1.82, 2.24) is 0 Å². The summed E-state index contributed by atoms with van der Waals surface area (Å²) in [4.78, 5) is 10.5. The van der Waals surface area contributed by atoms with Gasteiger partial charge in [0.05, 0.1) is 0 Å². The van der Waals surface area contributed by atoms with E-state index < -0.39 is 12.0 Å². The lowest BCUT2D eigenvalue weighted by atomic mass is 10.1. The second-order valence-electron chi connectivity index (χ2n) is 4.31. The minimum absolute atomic E-state index is 0.528. The van der Waals surface area contributed by atoms with Gasteiger partial charge in [-0.05, 0) is 29.7 Å². The number of nitrogens with two attached hydrogens (primary N) is 2. The molecule has 5 N–H and O–H groups in total. The molecule has 0 bridgehead atoms. The van der Waals surface area contributed by atoms with E-state index >= 15 is 0 Å². The van der Waals surface area contributed by atoms with Crippen molar-refractivity contribution in [2.24, 2.45) is 5.73 Å². The standard InChI is InChI=1S/C8H9NO2.C8H11N/c9-8(11)7(10)6-4-2-1-3-5-6;1-2-7-3-5-8(9)6-4-7/h1-5,7,10H,(H2,9,11);3-6H,2,9H2,1H3. The van der Waals surface area contributed by atoms with Crippen LogP contribution in [0.3, 0.4) is 0 Å². The first kappa shape index (κ1) is 15.7. The molecular formula is C16H20N2O2. The molecule has 4 heteroatoms. The third-order valence-electron chi connectivity index (χ3n) is 2.77. The van der Waals surface area contributed by atoms with Gasteiger partial charge in [-0.2, -0.15) is 0 Å². The summed E-state index contributed by atoms with van der Waals surface area (Å²) in [7, 11) is 0. The highest BCUT2D eigenvalue weighted by molar-refractivity contribution is 5.79. The fourth-order valence-corrected chi connectivity index (χ4v) is 1.55. The van der Waals surface area contributed by atoms with Crippen LogP contribution >= 0.6 is 0 Å². The molecule has 0 radical (unpaired) electrons. The number of primary amides is 1. The first-order chi connectivity index (χ1) is 9.54. The Balaban J connectivity index is 0.000000204. The quantitative estimate of drug-likeness (QED) is 0.747. The van der Waals surface area contributed by atoms with Crippen molar-refractivity contribution in [3.63, 3.8) is 0 Å². The molecule has 2 rings (SSSR count). The number of hydrogen-bond acceptors (Lipinski definition) is 3. The van der Waals surface area contributed by atoms with Crippen LogP contribution in [0.2, 0.25) is 0 Å². The van der Waals surface area contributed by atoms with Crippen molar-refractivity contribution >= 4 is 11.6 Å². The highest BCUT2D eigenvalue weighted by Gasteiger charge is 2.11. The van der Waals surface area contributed by atoms with Crippen LogP contribution in [-0.4, -0.2) is 11.0 Å². The van der Waals surface area contributed by atoms with E-state index in [0.29, 0.717) is 5.56 Å². The monoisotopic (exact) mass is 272 g/mol. The summed E-state index contributed by atoms with van der Waals surface area (Å²) in [6, 6.07) is 16.5. The Morgan fingerprint density at radius 2 is 1.65 bits per heavy atom. The molecule has 2 aromatic carbocycles. The van der Waals surface area contributed by atoms with Crippen molar-refractivity contribution in [3.8, 4) is 0 Å². The van der Waals surface area contributed by atoms with Crippen molar-refractivity contribution in [3.05, 3.63) is 65.7 Å². The fourth-order valence-electron chi connectivity index (χ4n) is 1.55. The molecule has 1 amide bonds. The van der Waals surface area contributed by atoms with Gasteiger partial charge in [0.15, 0.2) is 6.10 Å². The molecule has 106 valence electrons. The Morgan fingerprint density at radius 3 is 2.10 bits per heavy atom. The van der Waals surface area contributed by atoms with Crippen molar-refractivity contribution in [2.75, 3.05) is 5.73 Å². The number of rotatable bonds is 3. The molecule has 0 heterocycles. The van der Waals surface area contributed by atoms with Gasteiger partial charge in [0.2, 0.25) is 0 Å². The molecular weight excluding hydrogens is 252 g/mol. The Hall–Kier alpha value is -2.33. The van der Waals surface area contributed by atoms with Gasteiger partial charge in [0.25, 0.3) is 5.91 Å². The molecule has 0 fully saturated rings. The Kier molecular flexibility index (Phi) is 6.26. The average Bonchev–Trinajstić information content (AvgIpc) is 2.49. The normalized spacial score (nSPS) is 11.1. The minimum atomic E-state index is -1.18. The molecule has 0 aliphatic carbocycles. The minimum Gasteiger partial charge on any atom is -0.399 e. The lowest BCUT2D eigenvalue weighted by Crippen LogP contribution is -2.20. The van der Waals surface area contributed by atoms with Gasteiger partial charge in [-0.15, -0.1) is 0 Å². The maximum absolute atomic E-state index is 10.5. The first-order valence-corrected chi connectivity index (χ1v) is 6.41. The number of aliphatic hydroxyl groups is 1. The second kappa shape index (κ2) is 7.96. The average molecular weight is 272 g/mol. The van der Waals surface area contributed by atoms with Gasteiger partial charge in [-0.3, -0.25) is 4.79 Å². The molecule has 0 aliphatic heterocycles. The summed E-state index contributed by atoms with van der Waals surface area (Å²) >= 11 is 0. The molecule has 0 aromatic heterocycles. The van der Waals surface area contributed by atoms with E-state index in [0.717, 1.165) is 12.1 Å². The molecule has 1 atom stereocenters. The van der Waals surface area contributed by atoms with Crippen molar-refractivity contribution in [1.29, 1.82) is 0 Å². The van der Waals surface area contributed by atoms with E-state index in [4.69, 9.17) is 16.6 Å². The molecule has 2 aromatic rings. The number of hydrogen-bond donors (Lipinski definition) is 3. The van der Waals surface area contributed by atoms with Crippen molar-refractivity contribution in [2.45, 2.75) is 19.4 Å². The highest BCUT2D eigenvalue weighted by Crippen LogP contribution is 2.10. The maximum Gasteiger partial charge on any atom is 0.250 e. The van der Waals surface area contributed by atoms with E-state index in [-0.39, 0.29) is 0 Å². The molecule has 1 unspecified atom stereocenters. The lowest BCUT2D eigenvalue weighted by Gasteiger charge is -2.04. The summed E-state index contributed by atoms with van der Waals surface area (Å²) in [5.41, 5.74) is 13.1. The summed E-state index contributed by atoms with van der Waals surface area (Å²) in [5.74, 6) is -0.726. The molecule has 0 aliphatic rings. The van der Waals surface area contributed by atoms with Crippen LogP contribution in [0.15, 0.2) is 54.6 Å². The topological polar surface area (TPSA) is 89.3 Å². The largest absolute Gasteiger partial charge is 0.399 e. The zero-order valence-electron chi connectivity index (χ0n) is 11.5. The smallest absolute Gasteiger partial charge is 0.250 e. The number of amides is 1. The SMILES string of the molecule is CCc1ccc(N)cc1.NC(=O)C(O)c1ccccc1. The zero-order chi connectivity index (χ0) is 15.0. The first-order valence-electron chi connectivity index (χ1n) is 6.41. The zero-order valence-corrected chi connectivity index (χ0v) is 11.5. The van der Waals surface area contributed by atoms with E-state index in [1.165, 1.54) is 5.56 Å². The van der Waals surface area contributed by atoms with Crippen LogP contribution in [-0.2, 0) is 11.2 Å². The van der Waals surface area contributed by atoms with Gasteiger partial charge >= 0.3 is 0 Å². The van der Waals surface area contributed by atoms with Crippen molar-refractivity contribution < 1.29 is 9.90 Å². The maximum atomic E-state index is 10.5.